The Morgan fingerprint density at radius 1 is 1.44 bits per heavy atom. The third kappa shape index (κ3) is 2.57. The Bertz CT molecular complexity index is 590. The third-order valence-corrected chi connectivity index (χ3v) is 3.36. The second kappa shape index (κ2) is 5.12. The summed E-state index contributed by atoms with van der Waals surface area (Å²) in [7, 11) is 0. The van der Waals surface area contributed by atoms with Crippen LogP contribution >= 0.6 is 27.5 Å². The molecule has 2 aromatic rings. The number of aromatic nitrogens is 2. The average Bonchev–Trinajstić information content (AvgIpc) is 2.64. The monoisotopic (exact) mass is 327 g/mol. The number of carbonyl (C=O) groups is 1. The topological polar surface area (TPSA) is 57.8 Å². The summed E-state index contributed by atoms with van der Waals surface area (Å²) in [6, 6.07) is 5.14. The minimum atomic E-state index is -0.256. The molecule has 0 atom stereocenters. The van der Waals surface area contributed by atoms with Crippen molar-refractivity contribution < 1.29 is 4.79 Å². The normalized spacial score (nSPS) is 10.4. The fourth-order valence-electron chi connectivity index (χ4n) is 1.59. The summed E-state index contributed by atoms with van der Waals surface area (Å²) in [5.74, 6) is -0.256. The van der Waals surface area contributed by atoms with Gasteiger partial charge in [0, 0.05) is 4.47 Å². The zero-order chi connectivity index (χ0) is 13.3. The maximum Gasteiger partial charge on any atom is 0.257 e. The van der Waals surface area contributed by atoms with E-state index in [1.165, 1.54) is 0 Å². The minimum Gasteiger partial charge on any atom is -0.319 e. The lowest BCUT2D eigenvalue weighted by atomic mass is 10.2. The Labute approximate surface area is 118 Å². The van der Waals surface area contributed by atoms with Crippen molar-refractivity contribution in [1.29, 1.82) is 0 Å². The highest BCUT2D eigenvalue weighted by atomic mass is 79.9. The van der Waals surface area contributed by atoms with Crippen molar-refractivity contribution in [3.8, 4) is 0 Å². The Kier molecular flexibility index (Phi) is 3.73. The summed E-state index contributed by atoms with van der Waals surface area (Å²) < 4.78 is 0.803. The number of nitrogens with zero attached hydrogens (tertiary/aromatic N) is 1. The summed E-state index contributed by atoms with van der Waals surface area (Å²) in [5, 5.41) is 10.1. The van der Waals surface area contributed by atoms with Crippen molar-refractivity contribution in [3.63, 3.8) is 0 Å². The van der Waals surface area contributed by atoms with Gasteiger partial charge in [-0.25, -0.2) is 0 Å². The standard InChI is InChI=1S/C12H11BrClN3O/c1-6-11(7(2)17-16-6)15-12(18)9-5-8(13)3-4-10(9)14/h3-5H,1-2H3,(H,15,18)(H,16,17). The lowest BCUT2D eigenvalue weighted by Gasteiger charge is -2.07. The number of halogens is 2. The highest BCUT2D eigenvalue weighted by Crippen LogP contribution is 2.23. The van der Waals surface area contributed by atoms with E-state index in [1.807, 2.05) is 13.8 Å². The van der Waals surface area contributed by atoms with E-state index in [0.717, 1.165) is 15.9 Å². The molecule has 6 heteroatoms. The van der Waals surface area contributed by atoms with Gasteiger partial charge in [0.05, 0.1) is 27.7 Å². The molecule has 4 nitrogen and oxygen atoms in total. The molecule has 1 aromatic carbocycles. The van der Waals surface area contributed by atoms with Crippen LogP contribution in [0.1, 0.15) is 21.7 Å². The second-order valence-corrected chi connectivity index (χ2v) is 5.21. The van der Waals surface area contributed by atoms with Gasteiger partial charge in [-0.15, -0.1) is 0 Å². The lowest BCUT2D eigenvalue weighted by Crippen LogP contribution is -2.13. The number of carbonyl (C=O) groups excluding carboxylic acids is 1. The number of rotatable bonds is 2. The molecule has 0 aliphatic rings. The van der Waals surface area contributed by atoms with Crippen molar-refractivity contribution in [2.75, 3.05) is 5.32 Å². The van der Waals surface area contributed by atoms with Crippen LogP contribution in [0.5, 0.6) is 0 Å². The molecule has 0 aliphatic carbocycles. The van der Waals surface area contributed by atoms with Gasteiger partial charge in [0.25, 0.3) is 5.91 Å². The summed E-state index contributed by atoms with van der Waals surface area (Å²) in [5.41, 5.74) is 2.67. The zero-order valence-electron chi connectivity index (χ0n) is 9.84. The van der Waals surface area contributed by atoms with Crippen molar-refractivity contribution >= 4 is 39.1 Å². The first-order chi connectivity index (χ1) is 8.49. The molecule has 0 saturated heterocycles. The fraction of sp³-hybridized carbons (Fsp3) is 0.167. The molecule has 0 unspecified atom stereocenters. The molecule has 0 aliphatic heterocycles. The Balaban J connectivity index is 2.30. The summed E-state index contributed by atoms with van der Waals surface area (Å²) >= 11 is 9.32. The molecule has 1 aromatic heterocycles. The van der Waals surface area contributed by atoms with E-state index >= 15 is 0 Å². The van der Waals surface area contributed by atoms with E-state index in [4.69, 9.17) is 11.6 Å². The second-order valence-electron chi connectivity index (χ2n) is 3.89. The SMILES string of the molecule is Cc1n[nH]c(C)c1NC(=O)c1cc(Br)ccc1Cl. The molecule has 0 radical (unpaired) electrons. The maximum atomic E-state index is 12.1. The van der Waals surface area contributed by atoms with Crippen LogP contribution < -0.4 is 5.32 Å². The van der Waals surface area contributed by atoms with Gasteiger partial charge in [-0.3, -0.25) is 9.89 Å². The van der Waals surface area contributed by atoms with Crippen LogP contribution in [0.4, 0.5) is 5.69 Å². The van der Waals surface area contributed by atoms with E-state index in [-0.39, 0.29) is 5.91 Å². The first-order valence-corrected chi connectivity index (χ1v) is 6.44. The van der Waals surface area contributed by atoms with E-state index in [1.54, 1.807) is 18.2 Å². The molecule has 94 valence electrons. The highest BCUT2D eigenvalue weighted by molar-refractivity contribution is 9.10. The molecule has 0 saturated carbocycles. The van der Waals surface area contributed by atoms with Crippen molar-refractivity contribution in [2.45, 2.75) is 13.8 Å². The molecule has 0 spiro atoms. The van der Waals surface area contributed by atoms with Gasteiger partial charge in [-0.1, -0.05) is 27.5 Å². The third-order valence-electron chi connectivity index (χ3n) is 2.54. The van der Waals surface area contributed by atoms with Gasteiger partial charge in [0.15, 0.2) is 0 Å². The van der Waals surface area contributed by atoms with Crippen molar-refractivity contribution in [1.82, 2.24) is 10.2 Å². The van der Waals surface area contributed by atoms with E-state index in [2.05, 4.69) is 31.4 Å². The molecule has 1 amide bonds. The molecular formula is C12H11BrClN3O. The number of nitrogens with one attached hydrogen (secondary N) is 2. The summed E-state index contributed by atoms with van der Waals surface area (Å²) in [6.07, 6.45) is 0. The van der Waals surface area contributed by atoms with Crippen molar-refractivity contribution in [2.24, 2.45) is 0 Å². The van der Waals surface area contributed by atoms with Crippen LogP contribution in [0, 0.1) is 13.8 Å². The number of hydrogen-bond donors (Lipinski definition) is 2. The van der Waals surface area contributed by atoms with Gasteiger partial charge in [-0.2, -0.15) is 5.10 Å². The van der Waals surface area contributed by atoms with Crippen LogP contribution in [0.15, 0.2) is 22.7 Å². The van der Waals surface area contributed by atoms with Crippen LogP contribution in [-0.2, 0) is 0 Å². The Hall–Kier alpha value is -1.33. The smallest absolute Gasteiger partial charge is 0.257 e. The number of hydrogen-bond acceptors (Lipinski definition) is 2. The quantitative estimate of drug-likeness (QED) is 0.883. The zero-order valence-corrected chi connectivity index (χ0v) is 12.2. The number of aromatic amines is 1. The summed E-state index contributed by atoms with van der Waals surface area (Å²) in [4.78, 5) is 12.1. The van der Waals surface area contributed by atoms with Crippen LogP contribution in [0.3, 0.4) is 0 Å². The largest absolute Gasteiger partial charge is 0.319 e. The van der Waals surface area contributed by atoms with Gasteiger partial charge < -0.3 is 5.32 Å². The Morgan fingerprint density at radius 2 is 2.17 bits per heavy atom. The number of aryl methyl sites for hydroxylation is 2. The Morgan fingerprint density at radius 3 is 2.78 bits per heavy atom. The first-order valence-electron chi connectivity index (χ1n) is 5.27. The minimum absolute atomic E-state index is 0.256. The van der Waals surface area contributed by atoms with Gasteiger partial charge in [0.2, 0.25) is 0 Å². The molecule has 1 heterocycles. The van der Waals surface area contributed by atoms with Crippen LogP contribution in [0.25, 0.3) is 0 Å². The number of benzene rings is 1. The predicted octanol–water partition coefficient (Wildman–Crippen LogP) is 3.69. The van der Waals surface area contributed by atoms with Gasteiger partial charge >= 0.3 is 0 Å². The molecule has 0 bridgehead atoms. The molecule has 2 rings (SSSR count). The van der Waals surface area contributed by atoms with E-state index in [0.29, 0.717) is 16.3 Å². The van der Waals surface area contributed by atoms with Crippen LogP contribution in [0.2, 0.25) is 5.02 Å². The number of anilines is 1. The van der Waals surface area contributed by atoms with Crippen LogP contribution in [-0.4, -0.2) is 16.1 Å². The lowest BCUT2D eigenvalue weighted by molar-refractivity contribution is 0.102. The maximum absolute atomic E-state index is 12.1. The average molecular weight is 329 g/mol. The number of amides is 1. The number of H-pyrrole nitrogens is 1. The molecular weight excluding hydrogens is 318 g/mol. The molecule has 0 fully saturated rings. The highest BCUT2D eigenvalue weighted by Gasteiger charge is 2.14. The van der Waals surface area contributed by atoms with Gasteiger partial charge in [-0.05, 0) is 32.0 Å². The first kappa shape index (κ1) is 13.1. The summed E-state index contributed by atoms with van der Waals surface area (Å²) in [6.45, 7) is 3.67. The fourth-order valence-corrected chi connectivity index (χ4v) is 2.15. The van der Waals surface area contributed by atoms with Gasteiger partial charge in [0.1, 0.15) is 0 Å². The molecule has 2 N–H and O–H groups in total. The predicted molar refractivity (Wildman–Crippen MR) is 75.2 cm³/mol. The van der Waals surface area contributed by atoms with E-state index < -0.39 is 0 Å². The van der Waals surface area contributed by atoms with Crippen molar-refractivity contribution in [3.05, 3.63) is 44.6 Å². The molecule has 18 heavy (non-hydrogen) atoms. The van der Waals surface area contributed by atoms with E-state index in [9.17, 15) is 4.79 Å².